The standard InChI is InChI=1S/C17H18F3N7O/c1-3-16(2,15(28)24-8-17(18,19)20)27-12-4-5-22-14(26-12)11-7-23-13-10(11)6-21-9-25-13/h4-7,9H,3,8H2,1-2H3,(H,24,28)(H,21,23,25)(H,22,26,27)/t16-/m1/s1. The number of alkyl halides is 3. The van der Waals surface area contributed by atoms with Gasteiger partial charge in [-0.3, -0.25) is 4.79 Å². The van der Waals surface area contributed by atoms with Crippen molar-refractivity contribution in [3.63, 3.8) is 0 Å². The summed E-state index contributed by atoms with van der Waals surface area (Å²) in [5.41, 5.74) is 0.0103. The number of halogens is 3. The SMILES string of the molecule is CC[C@@](C)(Nc1ccnc(-c2c[nH]c3ncncc23)n1)C(=O)NCC(F)(F)F. The molecule has 3 heterocycles. The van der Waals surface area contributed by atoms with Crippen LogP contribution in [0.1, 0.15) is 20.3 Å². The number of anilines is 1. The van der Waals surface area contributed by atoms with Gasteiger partial charge in [-0.15, -0.1) is 0 Å². The quantitative estimate of drug-likeness (QED) is 0.594. The first kappa shape index (κ1) is 19.5. The van der Waals surface area contributed by atoms with Crippen LogP contribution in [0.5, 0.6) is 0 Å². The van der Waals surface area contributed by atoms with Crippen LogP contribution in [0.2, 0.25) is 0 Å². The van der Waals surface area contributed by atoms with Crippen LogP contribution in [0.3, 0.4) is 0 Å². The summed E-state index contributed by atoms with van der Waals surface area (Å²) in [5, 5.41) is 5.55. The molecule has 0 aliphatic rings. The van der Waals surface area contributed by atoms with Crippen LogP contribution in [0.15, 0.2) is 31.0 Å². The first-order valence-corrected chi connectivity index (χ1v) is 8.45. The minimum absolute atomic E-state index is 0.247. The van der Waals surface area contributed by atoms with Crippen LogP contribution in [-0.2, 0) is 4.79 Å². The Labute approximate surface area is 158 Å². The Kier molecular flexibility index (Phi) is 5.16. The fourth-order valence-corrected chi connectivity index (χ4v) is 2.57. The number of hydrogen-bond acceptors (Lipinski definition) is 6. The number of nitrogens with one attached hydrogen (secondary N) is 3. The van der Waals surface area contributed by atoms with Crippen molar-refractivity contribution in [2.24, 2.45) is 0 Å². The zero-order chi connectivity index (χ0) is 20.4. The van der Waals surface area contributed by atoms with Crippen molar-refractivity contribution in [1.82, 2.24) is 30.2 Å². The van der Waals surface area contributed by atoms with Gasteiger partial charge in [0.05, 0.1) is 0 Å². The molecule has 3 aromatic heterocycles. The number of aromatic nitrogens is 5. The highest BCUT2D eigenvalue weighted by Gasteiger charge is 2.35. The summed E-state index contributed by atoms with van der Waals surface area (Å²) in [6, 6.07) is 1.54. The van der Waals surface area contributed by atoms with Crippen molar-refractivity contribution in [3.8, 4) is 11.4 Å². The van der Waals surface area contributed by atoms with E-state index in [0.717, 1.165) is 5.39 Å². The van der Waals surface area contributed by atoms with Crippen LogP contribution in [0, 0.1) is 0 Å². The van der Waals surface area contributed by atoms with E-state index in [1.165, 1.54) is 19.4 Å². The van der Waals surface area contributed by atoms with Gasteiger partial charge in [-0.2, -0.15) is 13.2 Å². The van der Waals surface area contributed by atoms with Gasteiger partial charge in [0.15, 0.2) is 5.82 Å². The smallest absolute Gasteiger partial charge is 0.356 e. The Balaban J connectivity index is 1.84. The van der Waals surface area contributed by atoms with Crippen molar-refractivity contribution in [2.45, 2.75) is 32.0 Å². The average molecular weight is 393 g/mol. The Morgan fingerprint density at radius 1 is 1.29 bits per heavy atom. The number of hydrogen-bond donors (Lipinski definition) is 3. The van der Waals surface area contributed by atoms with E-state index >= 15 is 0 Å². The number of carbonyl (C=O) groups excluding carboxylic acids is 1. The third-order valence-electron chi connectivity index (χ3n) is 4.31. The Morgan fingerprint density at radius 3 is 2.79 bits per heavy atom. The lowest BCUT2D eigenvalue weighted by Crippen LogP contribution is -2.52. The summed E-state index contributed by atoms with van der Waals surface area (Å²) in [6.45, 7) is 1.81. The molecule has 11 heteroatoms. The Bertz CT molecular complexity index is 988. The maximum atomic E-state index is 12.4. The molecular formula is C17H18F3N7O. The molecule has 0 aliphatic carbocycles. The average Bonchev–Trinajstić information content (AvgIpc) is 3.09. The van der Waals surface area contributed by atoms with Crippen LogP contribution < -0.4 is 10.6 Å². The van der Waals surface area contributed by atoms with E-state index < -0.39 is 24.2 Å². The zero-order valence-electron chi connectivity index (χ0n) is 15.1. The lowest BCUT2D eigenvalue weighted by Gasteiger charge is -2.29. The molecule has 0 fully saturated rings. The van der Waals surface area contributed by atoms with Crippen molar-refractivity contribution in [1.29, 1.82) is 0 Å². The number of rotatable bonds is 6. The molecule has 28 heavy (non-hydrogen) atoms. The Hall–Kier alpha value is -3.24. The van der Waals surface area contributed by atoms with Gasteiger partial charge in [-0.05, 0) is 19.4 Å². The normalized spacial score (nSPS) is 13.9. The van der Waals surface area contributed by atoms with E-state index in [0.29, 0.717) is 22.9 Å². The zero-order valence-corrected chi connectivity index (χ0v) is 15.1. The minimum Gasteiger partial charge on any atom is -0.356 e. The topological polar surface area (TPSA) is 108 Å². The van der Waals surface area contributed by atoms with Crippen molar-refractivity contribution in [3.05, 3.63) is 31.0 Å². The summed E-state index contributed by atoms with van der Waals surface area (Å²) in [6.07, 6.45) is 1.98. The second-order valence-electron chi connectivity index (χ2n) is 6.36. The molecule has 0 bridgehead atoms. The van der Waals surface area contributed by atoms with Gasteiger partial charge < -0.3 is 15.6 Å². The molecule has 0 saturated heterocycles. The molecule has 0 radical (unpaired) electrons. The highest BCUT2D eigenvalue weighted by molar-refractivity contribution is 5.91. The number of nitrogens with zero attached hydrogens (tertiary/aromatic N) is 4. The number of amides is 1. The molecule has 148 valence electrons. The van der Waals surface area contributed by atoms with E-state index in [4.69, 9.17) is 0 Å². The molecule has 3 rings (SSSR count). The van der Waals surface area contributed by atoms with E-state index in [-0.39, 0.29) is 6.42 Å². The molecular weight excluding hydrogens is 375 g/mol. The van der Waals surface area contributed by atoms with Gasteiger partial charge >= 0.3 is 6.18 Å². The summed E-state index contributed by atoms with van der Waals surface area (Å²) < 4.78 is 37.2. The molecule has 1 atom stereocenters. The minimum atomic E-state index is -4.48. The van der Waals surface area contributed by atoms with Crippen molar-refractivity contribution in [2.75, 3.05) is 11.9 Å². The Morgan fingerprint density at radius 2 is 2.07 bits per heavy atom. The molecule has 0 unspecified atom stereocenters. The van der Waals surface area contributed by atoms with Gasteiger partial charge in [0, 0.05) is 29.5 Å². The molecule has 3 N–H and O–H groups in total. The molecule has 1 amide bonds. The lowest BCUT2D eigenvalue weighted by molar-refractivity contribution is -0.140. The number of carbonyl (C=O) groups is 1. The molecule has 0 saturated carbocycles. The van der Waals surface area contributed by atoms with E-state index in [1.807, 2.05) is 5.32 Å². The summed E-state index contributed by atoms with van der Waals surface area (Å²) >= 11 is 0. The largest absolute Gasteiger partial charge is 0.405 e. The van der Waals surface area contributed by atoms with E-state index in [1.54, 1.807) is 25.4 Å². The second-order valence-corrected chi connectivity index (χ2v) is 6.36. The molecule has 0 aliphatic heterocycles. The molecule has 0 aromatic carbocycles. The maximum Gasteiger partial charge on any atom is 0.405 e. The third kappa shape index (κ3) is 4.18. The van der Waals surface area contributed by atoms with Crippen molar-refractivity contribution >= 4 is 22.8 Å². The van der Waals surface area contributed by atoms with Gasteiger partial charge in [0.25, 0.3) is 0 Å². The number of fused-ring (bicyclic) bond motifs is 1. The lowest BCUT2D eigenvalue weighted by atomic mass is 9.97. The number of aromatic amines is 1. The first-order chi connectivity index (χ1) is 13.2. The van der Waals surface area contributed by atoms with Gasteiger partial charge in [-0.25, -0.2) is 19.9 Å². The predicted octanol–water partition coefficient (Wildman–Crippen LogP) is 2.67. The van der Waals surface area contributed by atoms with Crippen LogP contribution >= 0.6 is 0 Å². The first-order valence-electron chi connectivity index (χ1n) is 8.45. The maximum absolute atomic E-state index is 12.4. The monoisotopic (exact) mass is 393 g/mol. The molecule has 3 aromatic rings. The van der Waals surface area contributed by atoms with Gasteiger partial charge in [0.1, 0.15) is 29.9 Å². The molecule has 8 nitrogen and oxygen atoms in total. The van der Waals surface area contributed by atoms with Gasteiger partial charge in [-0.1, -0.05) is 6.92 Å². The summed E-state index contributed by atoms with van der Waals surface area (Å²) in [7, 11) is 0. The van der Waals surface area contributed by atoms with Crippen molar-refractivity contribution < 1.29 is 18.0 Å². The third-order valence-corrected chi connectivity index (χ3v) is 4.31. The van der Waals surface area contributed by atoms with Crippen LogP contribution in [0.25, 0.3) is 22.4 Å². The van der Waals surface area contributed by atoms with Crippen LogP contribution in [-0.4, -0.2) is 49.1 Å². The van der Waals surface area contributed by atoms with E-state index in [9.17, 15) is 18.0 Å². The summed E-state index contributed by atoms with van der Waals surface area (Å²) in [5.74, 6) is -0.101. The fourth-order valence-electron chi connectivity index (χ4n) is 2.57. The number of H-pyrrole nitrogens is 1. The van der Waals surface area contributed by atoms with Gasteiger partial charge in [0.2, 0.25) is 5.91 Å². The summed E-state index contributed by atoms with van der Waals surface area (Å²) in [4.78, 5) is 32.0. The fraction of sp³-hybridized carbons (Fsp3) is 0.353. The van der Waals surface area contributed by atoms with Crippen LogP contribution in [0.4, 0.5) is 19.0 Å². The predicted molar refractivity (Wildman–Crippen MR) is 96.3 cm³/mol. The second kappa shape index (κ2) is 7.41. The highest BCUT2D eigenvalue weighted by Crippen LogP contribution is 2.26. The van der Waals surface area contributed by atoms with E-state index in [2.05, 4.69) is 30.2 Å². The highest BCUT2D eigenvalue weighted by atomic mass is 19.4. The molecule has 0 spiro atoms.